The molecule has 2 atom stereocenters. The molecular weight excluding hydrogens is 418 g/mol. The van der Waals surface area contributed by atoms with Crippen molar-refractivity contribution in [1.29, 1.82) is 0 Å². The summed E-state index contributed by atoms with van der Waals surface area (Å²) in [5, 5.41) is 6.27. The number of rotatable bonds is 3. The van der Waals surface area contributed by atoms with Crippen LogP contribution >= 0.6 is 0 Å². The number of aromatic nitrogens is 1. The molecule has 7 nitrogen and oxygen atoms in total. The molecule has 32 heavy (non-hydrogen) atoms. The summed E-state index contributed by atoms with van der Waals surface area (Å²) in [7, 11) is 0. The third kappa shape index (κ3) is 3.43. The maximum absolute atomic E-state index is 13.1. The van der Waals surface area contributed by atoms with E-state index in [9.17, 15) is 13.6 Å². The Kier molecular flexibility index (Phi) is 4.14. The third-order valence-corrected chi connectivity index (χ3v) is 6.29. The molecular formula is C23H20F2N4O3. The molecule has 0 spiro atoms. The highest BCUT2D eigenvalue weighted by Gasteiger charge is 2.43. The van der Waals surface area contributed by atoms with Gasteiger partial charge in [-0.3, -0.25) is 0 Å². The second-order valence-corrected chi connectivity index (χ2v) is 8.47. The molecule has 0 radical (unpaired) electrons. The number of hydrogen-bond acceptors (Lipinski definition) is 5. The van der Waals surface area contributed by atoms with Gasteiger partial charge in [0.1, 0.15) is 5.82 Å². The first-order chi connectivity index (χ1) is 15.4. The monoisotopic (exact) mass is 438 g/mol. The lowest BCUT2D eigenvalue weighted by Crippen LogP contribution is -2.32. The van der Waals surface area contributed by atoms with Crippen molar-refractivity contribution < 1.29 is 23.0 Å². The number of anilines is 3. The van der Waals surface area contributed by atoms with Crippen LogP contribution in [-0.4, -0.2) is 29.9 Å². The van der Waals surface area contributed by atoms with Crippen LogP contribution < -0.4 is 25.0 Å². The van der Waals surface area contributed by atoms with Crippen LogP contribution in [0.2, 0.25) is 0 Å². The number of carbonyl (C=O) groups excluding carboxylic acids is 1. The van der Waals surface area contributed by atoms with E-state index in [1.165, 1.54) is 37.5 Å². The zero-order valence-corrected chi connectivity index (χ0v) is 17.0. The summed E-state index contributed by atoms with van der Waals surface area (Å²) >= 11 is 0. The van der Waals surface area contributed by atoms with Crippen LogP contribution in [0.25, 0.3) is 10.9 Å². The van der Waals surface area contributed by atoms with Gasteiger partial charge in [0.2, 0.25) is 0 Å². The summed E-state index contributed by atoms with van der Waals surface area (Å²) in [5.41, 5.74) is 1.76. The first-order valence-corrected chi connectivity index (χ1v) is 10.6. The van der Waals surface area contributed by atoms with E-state index in [0.717, 1.165) is 29.2 Å². The maximum Gasteiger partial charge on any atom is 0.586 e. The lowest BCUT2D eigenvalue weighted by atomic mass is 10.1. The summed E-state index contributed by atoms with van der Waals surface area (Å²) < 4.78 is 35.1. The number of hydrogen-bond donors (Lipinski definition) is 2. The van der Waals surface area contributed by atoms with E-state index in [4.69, 9.17) is 4.98 Å². The Balaban J connectivity index is 1.14. The predicted molar refractivity (Wildman–Crippen MR) is 116 cm³/mol. The smallest absolute Gasteiger partial charge is 0.395 e. The number of nitrogens with zero attached hydrogens (tertiary/aromatic N) is 2. The van der Waals surface area contributed by atoms with E-state index in [0.29, 0.717) is 17.4 Å². The Hall–Kier alpha value is -3.62. The van der Waals surface area contributed by atoms with Gasteiger partial charge in [-0.25, -0.2) is 9.78 Å². The number of pyridine rings is 1. The van der Waals surface area contributed by atoms with Gasteiger partial charge >= 0.3 is 12.3 Å². The third-order valence-electron chi connectivity index (χ3n) is 6.29. The second-order valence-electron chi connectivity index (χ2n) is 8.47. The Labute approximate surface area is 182 Å². The molecule has 164 valence electrons. The minimum atomic E-state index is -3.70. The van der Waals surface area contributed by atoms with Gasteiger partial charge in [-0.05, 0) is 67.6 Å². The fraction of sp³-hybridized carbons (Fsp3) is 0.304. The number of piperidine rings is 1. The molecule has 2 aromatic carbocycles. The summed E-state index contributed by atoms with van der Waals surface area (Å²) in [6, 6.07) is 13.7. The largest absolute Gasteiger partial charge is 0.586 e. The van der Waals surface area contributed by atoms with E-state index in [2.05, 4.69) is 25.0 Å². The van der Waals surface area contributed by atoms with E-state index in [-0.39, 0.29) is 11.5 Å². The maximum atomic E-state index is 13.1. The minimum absolute atomic E-state index is 0.0795. The Morgan fingerprint density at radius 3 is 2.56 bits per heavy atom. The molecule has 2 bridgehead atoms. The summed E-state index contributed by atoms with van der Waals surface area (Å²) in [5.74, 6) is 1.59. The molecule has 6 rings (SSSR count). The number of ether oxygens (including phenoxy) is 2. The number of benzene rings is 2. The molecule has 9 heteroatoms. The van der Waals surface area contributed by atoms with Gasteiger partial charge in [-0.1, -0.05) is 0 Å². The van der Waals surface area contributed by atoms with Crippen molar-refractivity contribution >= 4 is 34.1 Å². The quantitative estimate of drug-likeness (QED) is 0.589. The van der Waals surface area contributed by atoms with Crippen molar-refractivity contribution in [3.63, 3.8) is 0 Å². The fourth-order valence-electron chi connectivity index (χ4n) is 4.88. The highest BCUT2D eigenvalue weighted by molar-refractivity contribution is 6.01. The summed E-state index contributed by atoms with van der Waals surface area (Å²) in [6.45, 7) is 1.08. The first-order valence-electron chi connectivity index (χ1n) is 10.6. The molecule has 1 aliphatic carbocycles. The zero-order valence-electron chi connectivity index (χ0n) is 17.0. The molecule has 1 saturated heterocycles. The molecule has 3 aliphatic rings. The van der Waals surface area contributed by atoms with Gasteiger partial charge in [-0.15, -0.1) is 8.78 Å². The lowest BCUT2D eigenvalue weighted by molar-refractivity contribution is -0.286. The topological polar surface area (TPSA) is 75.7 Å². The number of halogens is 2. The number of alkyl halides is 2. The van der Waals surface area contributed by atoms with Gasteiger partial charge in [0.15, 0.2) is 11.5 Å². The Morgan fingerprint density at radius 2 is 1.78 bits per heavy atom. The minimum Gasteiger partial charge on any atom is -0.395 e. The van der Waals surface area contributed by atoms with Crippen molar-refractivity contribution in [2.75, 3.05) is 22.1 Å². The van der Waals surface area contributed by atoms with Crippen molar-refractivity contribution in [3.05, 3.63) is 48.5 Å². The molecule has 1 aromatic heterocycles. The highest BCUT2D eigenvalue weighted by atomic mass is 19.3. The van der Waals surface area contributed by atoms with Crippen LogP contribution in [0.3, 0.4) is 0 Å². The van der Waals surface area contributed by atoms with E-state index in [1.807, 2.05) is 24.3 Å². The fourth-order valence-corrected chi connectivity index (χ4v) is 4.88. The second kappa shape index (κ2) is 6.94. The summed E-state index contributed by atoms with van der Waals surface area (Å²) in [4.78, 5) is 19.6. The molecule has 3 aromatic rings. The van der Waals surface area contributed by atoms with Crippen LogP contribution in [0, 0.1) is 5.92 Å². The van der Waals surface area contributed by atoms with Gasteiger partial charge in [0.25, 0.3) is 0 Å². The number of amides is 2. The average molecular weight is 438 g/mol. The zero-order chi connectivity index (χ0) is 21.9. The summed E-state index contributed by atoms with van der Waals surface area (Å²) in [6.07, 6.45) is 0.138. The molecule has 2 N–H and O–H groups in total. The van der Waals surface area contributed by atoms with Gasteiger partial charge in [-0.2, -0.15) is 0 Å². The van der Waals surface area contributed by atoms with Crippen molar-refractivity contribution in [2.24, 2.45) is 5.92 Å². The van der Waals surface area contributed by atoms with Crippen molar-refractivity contribution in [1.82, 2.24) is 4.98 Å². The molecule has 1 saturated carbocycles. The number of carbonyl (C=O) groups is 1. The molecule has 2 aliphatic heterocycles. The molecule has 2 amide bonds. The van der Waals surface area contributed by atoms with Crippen LogP contribution in [0.5, 0.6) is 11.5 Å². The van der Waals surface area contributed by atoms with Gasteiger partial charge in [0.05, 0.1) is 5.52 Å². The Morgan fingerprint density at radius 1 is 1.00 bits per heavy atom. The van der Waals surface area contributed by atoms with Gasteiger partial charge < -0.3 is 25.0 Å². The molecule has 3 heterocycles. The van der Waals surface area contributed by atoms with Gasteiger partial charge in [0, 0.05) is 35.4 Å². The number of nitrogens with one attached hydrogen (secondary N) is 2. The number of fused-ring (bicyclic) bond motifs is 4. The van der Waals surface area contributed by atoms with Crippen LogP contribution in [0.4, 0.5) is 30.8 Å². The van der Waals surface area contributed by atoms with Crippen LogP contribution in [0.15, 0.2) is 48.5 Å². The van der Waals surface area contributed by atoms with E-state index in [1.54, 1.807) is 6.07 Å². The van der Waals surface area contributed by atoms with Crippen molar-refractivity contribution in [3.8, 4) is 11.5 Å². The predicted octanol–water partition coefficient (Wildman–Crippen LogP) is 5.19. The lowest BCUT2D eigenvalue weighted by Gasteiger charge is -2.28. The standard InChI is InChI=1S/C23H20F2N4O3/c24-23(25)31-19-7-4-16(11-20(19)32-23)27-22(30)26-15-3-6-18-14(10-15)2-8-21(28-18)29-12-13-1-5-17(29)9-13/h2-4,6-8,10-11,13,17H,1,5,9,12H2,(H2,26,27,30). The number of urea groups is 1. The highest BCUT2D eigenvalue weighted by Crippen LogP contribution is 2.42. The normalized spacial score (nSPS) is 22.4. The molecule has 2 unspecified atom stereocenters. The first kappa shape index (κ1) is 19.1. The Bertz CT molecular complexity index is 1240. The van der Waals surface area contributed by atoms with E-state index < -0.39 is 12.3 Å². The average Bonchev–Trinajstić information content (AvgIpc) is 3.46. The van der Waals surface area contributed by atoms with E-state index >= 15 is 0 Å². The van der Waals surface area contributed by atoms with Crippen molar-refractivity contribution in [2.45, 2.75) is 31.6 Å². The van der Waals surface area contributed by atoms with Crippen LogP contribution in [-0.2, 0) is 0 Å². The SMILES string of the molecule is O=C(Nc1ccc2c(c1)OC(F)(F)O2)Nc1ccc2nc(N3CC4CCC3C4)ccc2c1. The van der Waals surface area contributed by atoms with Crippen LogP contribution in [0.1, 0.15) is 19.3 Å². The molecule has 2 fully saturated rings.